The van der Waals surface area contributed by atoms with Gasteiger partial charge in [0, 0.05) is 6.42 Å². The van der Waals surface area contributed by atoms with Gasteiger partial charge < -0.3 is 37.6 Å². The summed E-state index contributed by atoms with van der Waals surface area (Å²) in [5.41, 5.74) is 11.4. The molecule has 9 N–H and O–H groups in total. The Labute approximate surface area is 208 Å². The van der Waals surface area contributed by atoms with E-state index in [2.05, 4.69) is 16.0 Å². The fourth-order valence-electron chi connectivity index (χ4n) is 3.27. The number of amides is 4. The van der Waals surface area contributed by atoms with E-state index >= 15 is 0 Å². The molecule has 198 valence electrons. The molecule has 1 rings (SSSR count). The highest BCUT2D eigenvalue weighted by Crippen LogP contribution is 2.09. The van der Waals surface area contributed by atoms with Crippen molar-refractivity contribution in [2.24, 2.45) is 17.4 Å². The summed E-state index contributed by atoms with van der Waals surface area (Å²) in [6.45, 7) is 3.60. The Bertz CT molecular complexity index is 953. The lowest BCUT2D eigenvalue weighted by molar-refractivity contribution is -0.147. The van der Waals surface area contributed by atoms with Crippen LogP contribution in [0.3, 0.4) is 0 Å². The molecule has 0 aliphatic carbocycles. The Hall–Kier alpha value is -4.00. The molecule has 0 radical (unpaired) electrons. The van der Waals surface area contributed by atoms with Gasteiger partial charge in [-0.25, -0.2) is 4.79 Å². The van der Waals surface area contributed by atoms with Crippen LogP contribution in [0, 0.1) is 5.92 Å². The predicted octanol–water partition coefficient (Wildman–Crippen LogP) is -1.51. The van der Waals surface area contributed by atoms with Gasteiger partial charge in [0.05, 0.1) is 18.9 Å². The van der Waals surface area contributed by atoms with Crippen LogP contribution in [0.4, 0.5) is 0 Å². The Morgan fingerprint density at radius 1 is 0.806 bits per heavy atom. The van der Waals surface area contributed by atoms with Crippen LogP contribution < -0.4 is 27.4 Å². The molecule has 1 aromatic carbocycles. The van der Waals surface area contributed by atoms with E-state index < -0.39 is 72.6 Å². The smallest absolute Gasteiger partial charge is 0.326 e. The molecule has 0 fully saturated rings. The SMILES string of the molecule is CC(C)C[C@H](NC(=O)[C@@H](N)CC(N)=O)C(=O)N[C@@H](Cc1ccccc1)C(=O)N[C@@H](CC(=O)O)C(=O)O. The van der Waals surface area contributed by atoms with Crippen LogP contribution in [0.25, 0.3) is 0 Å². The third-order valence-electron chi connectivity index (χ3n) is 5.01. The molecule has 0 aromatic heterocycles. The van der Waals surface area contributed by atoms with Crippen molar-refractivity contribution in [2.75, 3.05) is 0 Å². The lowest BCUT2D eigenvalue weighted by atomic mass is 10.0. The van der Waals surface area contributed by atoms with Gasteiger partial charge in [0.2, 0.25) is 23.6 Å². The maximum Gasteiger partial charge on any atom is 0.326 e. The van der Waals surface area contributed by atoms with Gasteiger partial charge in [-0.05, 0) is 17.9 Å². The second-order valence-electron chi connectivity index (χ2n) is 8.72. The quantitative estimate of drug-likeness (QED) is 0.146. The number of hydrogen-bond acceptors (Lipinski definition) is 7. The second-order valence-corrected chi connectivity index (χ2v) is 8.72. The number of carboxylic acids is 2. The molecule has 36 heavy (non-hydrogen) atoms. The average molecular weight is 508 g/mol. The normalized spacial score (nSPS) is 14.1. The number of benzene rings is 1. The van der Waals surface area contributed by atoms with E-state index in [4.69, 9.17) is 16.6 Å². The van der Waals surface area contributed by atoms with Crippen molar-refractivity contribution >= 4 is 35.6 Å². The molecule has 0 saturated heterocycles. The highest BCUT2D eigenvalue weighted by molar-refractivity contribution is 5.95. The average Bonchev–Trinajstić information content (AvgIpc) is 2.77. The van der Waals surface area contributed by atoms with Gasteiger partial charge in [-0.1, -0.05) is 44.2 Å². The first-order valence-corrected chi connectivity index (χ1v) is 11.2. The molecule has 0 saturated carbocycles. The fourth-order valence-corrected chi connectivity index (χ4v) is 3.27. The number of hydrogen-bond donors (Lipinski definition) is 7. The minimum absolute atomic E-state index is 0.0403. The molecule has 0 heterocycles. The number of aliphatic carboxylic acids is 2. The maximum atomic E-state index is 13.1. The zero-order valence-corrected chi connectivity index (χ0v) is 20.1. The number of nitrogens with one attached hydrogen (secondary N) is 3. The number of carboxylic acid groups (broad SMARTS) is 2. The monoisotopic (exact) mass is 507 g/mol. The van der Waals surface area contributed by atoms with Crippen LogP contribution in [0.15, 0.2) is 30.3 Å². The van der Waals surface area contributed by atoms with Gasteiger partial charge in [0.1, 0.15) is 18.1 Å². The summed E-state index contributed by atoms with van der Waals surface area (Å²) in [5, 5.41) is 25.3. The molecule has 0 aliphatic heterocycles. The summed E-state index contributed by atoms with van der Waals surface area (Å²) < 4.78 is 0. The molecule has 1 aromatic rings. The summed E-state index contributed by atoms with van der Waals surface area (Å²) in [6, 6.07) is 3.12. The van der Waals surface area contributed by atoms with Crippen LogP contribution in [0.2, 0.25) is 0 Å². The van der Waals surface area contributed by atoms with Gasteiger partial charge >= 0.3 is 11.9 Å². The number of carbonyl (C=O) groups is 6. The number of nitrogens with two attached hydrogens (primary N) is 2. The molecule has 0 bridgehead atoms. The predicted molar refractivity (Wildman–Crippen MR) is 127 cm³/mol. The molecular weight excluding hydrogens is 474 g/mol. The van der Waals surface area contributed by atoms with E-state index in [1.54, 1.807) is 44.2 Å². The number of carbonyl (C=O) groups excluding carboxylic acids is 4. The Balaban J connectivity index is 3.13. The largest absolute Gasteiger partial charge is 0.481 e. The van der Waals surface area contributed by atoms with Crippen LogP contribution in [-0.2, 0) is 35.2 Å². The van der Waals surface area contributed by atoms with Crippen LogP contribution in [0.5, 0.6) is 0 Å². The highest BCUT2D eigenvalue weighted by atomic mass is 16.4. The van der Waals surface area contributed by atoms with Gasteiger partial charge in [-0.15, -0.1) is 0 Å². The molecule has 0 spiro atoms. The van der Waals surface area contributed by atoms with Crippen molar-refractivity contribution in [3.8, 4) is 0 Å². The lowest BCUT2D eigenvalue weighted by Crippen LogP contribution is -2.58. The minimum atomic E-state index is -1.72. The van der Waals surface area contributed by atoms with Crippen molar-refractivity contribution in [3.05, 3.63) is 35.9 Å². The maximum absolute atomic E-state index is 13.1. The first-order valence-electron chi connectivity index (χ1n) is 11.2. The molecule has 0 unspecified atom stereocenters. The highest BCUT2D eigenvalue weighted by Gasteiger charge is 2.31. The first kappa shape index (κ1) is 30.0. The number of primary amides is 1. The Kier molecular flexibility index (Phi) is 12.0. The van der Waals surface area contributed by atoms with Gasteiger partial charge in [-0.3, -0.25) is 24.0 Å². The van der Waals surface area contributed by atoms with E-state index in [1.165, 1.54) is 0 Å². The van der Waals surface area contributed by atoms with E-state index in [0.717, 1.165) is 0 Å². The van der Waals surface area contributed by atoms with Crippen LogP contribution in [0.1, 0.15) is 38.7 Å². The summed E-state index contributed by atoms with van der Waals surface area (Å²) in [4.78, 5) is 71.9. The van der Waals surface area contributed by atoms with E-state index in [1.807, 2.05) is 0 Å². The Morgan fingerprint density at radius 2 is 1.33 bits per heavy atom. The summed E-state index contributed by atoms with van der Waals surface area (Å²) in [6.07, 6.45) is -1.17. The van der Waals surface area contributed by atoms with E-state index in [0.29, 0.717) is 5.56 Å². The van der Waals surface area contributed by atoms with Crippen LogP contribution >= 0.6 is 0 Å². The molecule has 4 atom stereocenters. The third-order valence-corrected chi connectivity index (χ3v) is 5.01. The third kappa shape index (κ3) is 11.0. The molecule has 0 aliphatic rings. The summed E-state index contributed by atoms with van der Waals surface area (Å²) in [5.74, 6) is -6.29. The van der Waals surface area contributed by atoms with Crippen molar-refractivity contribution in [3.63, 3.8) is 0 Å². The summed E-state index contributed by atoms with van der Waals surface area (Å²) >= 11 is 0. The standard InChI is InChI=1S/C23H33N5O8/c1-12(2)8-15(26-20(32)14(24)10-18(25)29)21(33)27-16(9-13-6-4-3-5-7-13)22(34)28-17(23(35)36)11-19(30)31/h3-7,12,14-17H,8-11,24H2,1-2H3,(H2,25,29)(H,26,32)(H,27,33)(H,28,34)(H,30,31)(H,35,36)/t14-,15-,16-,17-/m0/s1. The molecule has 13 nitrogen and oxygen atoms in total. The second kappa shape index (κ2) is 14.4. The lowest BCUT2D eigenvalue weighted by Gasteiger charge is -2.26. The van der Waals surface area contributed by atoms with Crippen LogP contribution in [-0.4, -0.2) is 69.9 Å². The summed E-state index contributed by atoms with van der Waals surface area (Å²) in [7, 11) is 0. The molecule has 13 heteroatoms. The zero-order valence-electron chi connectivity index (χ0n) is 20.1. The zero-order chi connectivity index (χ0) is 27.4. The fraction of sp³-hybridized carbons (Fsp3) is 0.478. The minimum Gasteiger partial charge on any atom is -0.481 e. The van der Waals surface area contributed by atoms with Crippen molar-refractivity contribution in [2.45, 2.75) is 63.7 Å². The number of rotatable bonds is 15. The van der Waals surface area contributed by atoms with Gasteiger partial charge in [0.15, 0.2) is 0 Å². The topological polar surface area (TPSA) is 231 Å². The van der Waals surface area contributed by atoms with E-state index in [-0.39, 0.29) is 18.8 Å². The Morgan fingerprint density at radius 3 is 1.83 bits per heavy atom. The van der Waals surface area contributed by atoms with Gasteiger partial charge in [0.25, 0.3) is 0 Å². The van der Waals surface area contributed by atoms with Gasteiger partial charge in [-0.2, -0.15) is 0 Å². The van der Waals surface area contributed by atoms with Crippen molar-refractivity contribution < 1.29 is 39.0 Å². The molecule has 4 amide bonds. The van der Waals surface area contributed by atoms with E-state index in [9.17, 15) is 33.9 Å². The molecular formula is C23H33N5O8. The van der Waals surface area contributed by atoms with Crippen molar-refractivity contribution in [1.82, 2.24) is 16.0 Å². The van der Waals surface area contributed by atoms with Crippen molar-refractivity contribution in [1.29, 1.82) is 0 Å². The first-order chi connectivity index (χ1) is 16.8.